The fourth-order valence-corrected chi connectivity index (χ4v) is 2.10. The molecule has 0 atom stereocenters. The maximum Gasteiger partial charge on any atom is 0.514 e. The van der Waals surface area contributed by atoms with Crippen LogP contribution in [0.3, 0.4) is 0 Å². The van der Waals surface area contributed by atoms with E-state index in [-0.39, 0.29) is 42.6 Å². The van der Waals surface area contributed by atoms with Gasteiger partial charge in [0.15, 0.2) is 0 Å². The van der Waals surface area contributed by atoms with Gasteiger partial charge in [-0.25, -0.2) is 4.79 Å². The summed E-state index contributed by atoms with van der Waals surface area (Å²) in [4.78, 5) is 44.2. The molecule has 0 bridgehead atoms. The van der Waals surface area contributed by atoms with Crippen LogP contribution in [-0.4, -0.2) is 22.8 Å². The zero-order valence-electron chi connectivity index (χ0n) is 15.0. The molecule has 0 unspecified atom stereocenters. The van der Waals surface area contributed by atoms with E-state index < -0.39 is 11.1 Å². The van der Waals surface area contributed by atoms with Gasteiger partial charge in [0.1, 0.15) is 18.1 Å². The number of amides is 1. The number of hydrogen-bond acceptors (Lipinski definition) is 7. The summed E-state index contributed by atoms with van der Waals surface area (Å²) < 4.78 is 9.90. The van der Waals surface area contributed by atoms with Crippen molar-refractivity contribution in [2.45, 2.75) is 26.4 Å². The lowest BCUT2D eigenvalue weighted by Gasteiger charge is -2.08. The predicted molar refractivity (Wildman–Crippen MR) is 98.9 cm³/mol. The van der Waals surface area contributed by atoms with Crippen molar-refractivity contribution in [3.8, 4) is 5.75 Å². The summed E-state index contributed by atoms with van der Waals surface area (Å²) in [6.07, 6.45) is -0.640. The number of nitro groups is 1. The average molecular weight is 386 g/mol. The SMILES string of the molecule is CC(=O)CCC(=O)Nc1ccc(COC(=O)Oc2ccc([N+](=O)[O-])cc2)cc1. The topological polar surface area (TPSA) is 125 Å². The number of carbonyl (C=O) groups is 3. The first-order chi connectivity index (χ1) is 13.3. The summed E-state index contributed by atoms with van der Waals surface area (Å²) in [5.74, 6) is -0.187. The van der Waals surface area contributed by atoms with Crippen LogP contribution in [0.5, 0.6) is 5.75 Å². The lowest BCUT2D eigenvalue weighted by molar-refractivity contribution is -0.384. The normalized spacial score (nSPS) is 10.0. The van der Waals surface area contributed by atoms with Crippen molar-refractivity contribution >= 4 is 29.2 Å². The fourth-order valence-electron chi connectivity index (χ4n) is 2.10. The smallest absolute Gasteiger partial charge is 0.429 e. The van der Waals surface area contributed by atoms with Gasteiger partial charge in [-0.3, -0.25) is 14.9 Å². The van der Waals surface area contributed by atoms with Crippen LogP contribution in [0.25, 0.3) is 0 Å². The van der Waals surface area contributed by atoms with Crippen LogP contribution in [0, 0.1) is 10.1 Å². The van der Waals surface area contributed by atoms with E-state index in [2.05, 4.69) is 5.32 Å². The number of non-ortho nitro benzene ring substituents is 1. The van der Waals surface area contributed by atoms with Crippen molar-refractivity contribution in [2.24, 2.45) is 0 Å². The maximum absolute atomic E-state index is 11.7. The summed E-state index contributed by atoms with van der Waals surface area (Å²) in [6, 6.07) is 11.6. The Morgan fingerprint density at radius 2 is 1.64 bits per heavy atom. The molecule has 2 aromatic carbocycles. The molecule has 0 spiro atoms. The van der Waals surface area contributed by atoms with Crippen molar-refractivity contribution in [2.75, 3.05) is 5.32 Å². The van der Waals surface area contributed by atoms with Gasteiger partial charge in [0.25, 0.3) is 5.69 Å². The lowest BCUT2D eigenvalue weighted by Crippen LogP contribution is -2.13. The molecule has 0 radical (unpaired) electrons. The molecule has 2 aromatic rings. The number of benzene rings is 2. The van der Waals surface area contributed by atoms with Gasteiger partial charge in [-0.1, -0.05) is 12.1 Å². The summed E-state index contributed by atoms with van der Waals surface area (Å²) in [6.45, 7) is 1.37. The van der Waals surface area contributed by atoms with E-state index in [4.69, 9.17) is 9.47 Å². The van der Waals surface area contributed by atoms with Crippen LogP contribution in [-0.2, 0) is 20.9 Å². The first kappa shape index (κ1) is 20.6. The van der Waals surface area contributed by atoms with Gasteiger partial charge in [-0.2, -0.15) is 0 Å². The molecule has 0 aliphatic heterocycles. The molecular formula is C19H18N2O7. The third-order valence-corrected chi connectivity index (χ3v) is 3.55. The van der Waals surface area contributed by atoms with Crippen LogP contribution in [0.1, 0.15) is 25.3 Å². The maximum atomic E-state index is 11.7. The van der Waals surface area contributed by atoms with E-state index in [0.717, 1.165) is 0 Å². The van der Waals surface area contributed by atoms with E-state index in [9.17, 15) is 24.5 Å². The number of nitro benzene ring substituents is 1. The monoisotopic (exact) mass is 386 g/mol. The minimum absolute atomic E-state index is 0.0512. The van der Waals surface area contributed by atoms with Gasteiger partial charge in [-0.05, 0) is 36.8 Å². The third-order valence-electron chi connectivity index (χ3n) is 3.55. The fraction of sp³-hybridized carbons (Fsp3) is 0.211. The van der Waals surface area contributed by atoms with Gasteiger partial charge in [0.2, 0.25) is 5.91 Å². The van der Waals surface area contributed by atoms with Crippen molar-refractivity contribution in [3.05, 3.63) is 64.2 Å². The first-order valence-corrected chi connectivity index (χ1v) is 8.31. The molecule has 0 aliphatic rings. The number of nitrogens with zero attached hydrogens (tertiary/aromatic N) is 1. The van der Waals surface area contributed by atoms with Gasteiger partial charge in [0.05, 0.1) is 4.92 Å². The molecule has 1 amide bonds. The Morgan fingerprint density at radius 3 is 2.21 bits per heavy atom. The molecule has 0 saturated carbocycles. The summed E-state index contributed by atoms with van der Waals surface area (Å²) in [5, 5.41) is 13.2. The average Bonchev–Trinajstić information content (AvgIpc) is 2.66. The minimum atomic E-state index is -0.949. The zero-order valence-corrected chi connectivity index (χ0v) is 15.0. The van der Waals surface area contributed by atoms with E-state index in [1.165, 1.54) is 31.2 Å². The summed E-state index contributed by atoms with van der Waals surface area (Å²) in [5.41, 5.74) is 1.11. The molecule has 9 heteroatoms. The molecule has 0 fully saturated rings. The number of ketones is 1. The molecule has 2 rings (SSSR count). The highest BCUT2D eigenvalue weighted by atomic mass is 16.7. The molecular weight excluding hydrogens is 368 g/mol. The highest BCUT2D eigenvalue weighted by Gasteiger charge is 2.10. The minimum Gasteiger partial charge on any atom is -0.429 e. The second-order valence-corrected chi connectivity index (χ2v) is 5.84. The van der Waals surface area contributed by atoms with Gasteiger partial charge < -0.3 is 19.6 Å². The van der Waals surface area contributed by atoms with Gasteiger partial charge in [0, 0.05) is 30.7 Å². The molecule has 0 aromatic heterocycles. The zero-order chi connectivity index (χ0) is 20.5. The third kappa shape index (κ3) is 6.87. The van der Waals surface area contributed by atoms with Crippen molar-refractivity contribution < 1.29 is 28.8 Å². The second kappa shape index (κ2) is 9.81. The highest BCUT2D eigenvalue weighted by Crippen LogP contribution is 2.18. The molecule has 9 nitrogen and oxygen atoms in total. The Balaban J connectivity index is 1.79. The van der Waals surface area contributed by atoms with Gasteiger partial charge in [-0.15, -0.1) is 0 Å². The summed E-state index contributed by atoms with van der Waals surface area (Å²) in [7, 11) is 0. The standard InChI is InChI=1S/C19H18N2O7/c1-13(22)2-11-18(23)20-15-5-3-14(4-6-15)12-27-19(24)28-17-9-7-16(8-10-17)21(25)26/h3-10H,2,11-12H2,1H3,(H,20,23). The Labute approximate surface area is 160 Å². The number of nitrogens with one attached hydrogen (secondary N) is 1. The predicted octanol–water partition coefficient (Wildman–Crippen LogP) is 3.62. The van der Waals surface area contributed by atoms with Crippen molar-refractivity contribution in [1.82, 2.24) is 0 Å². The number of carbonyl (C=O) groups excluding carboxylic acids is 3. The van der Waals surface area contributed by atoms with Crippen molar-refractivity contribution in [3.63, 3.8) is 0 Å². The van der Waals surface area contributed by atoms with Crippen LogP contribution < -0.4 is 10.1 Å². The highest BCUT2D eigenvalue weighted by molar-refractivity contribution is 5.93. The first-order valence-electron chi connectivity index (χ1n) is 8.31. The largest absolute Gasteiger partial charge is 0.514 e. The van der Waals surface area contributed by atoms with Gasteiger partial charge >= 0.3 is 6.16 Å². The Hall–Kier alpha value is -3.75. The van der Waals surface area contributed by atoms with Crippen LogP contribution in [0.15, 0.2) is 48.5 Å². The number of Topliss-reactive ketones (excluding diaryl/α,β-unsaturated/α-hetero) is 1. The number of anilines is 1. The number of hydrogen-bond donors (Lipinski definition) is 1. The number of rotatable bonds is 8. The Kier molecular flexibility index (Phi) is 7.21. The second-order valence-electron chi connectivity index (χ2n) is 5.84. The molecule has 0 aliphatic carbocycles. The van der Waals surface area contributed by atoms with Crippen LogP contribution >= 0.6 is 0 Å². The molecule has 28 heavy (non-hydrogen) atoms. The summed E-state index contributed by atoms with van der Waals surface area (Å²) >= 11 is 0. The van der Waals surface area contributed by atoms with E-state index in [1.807, 2.05) is 0 Å². The lowest BCUT2D eigenvalue weighted by atomic mass is 10.2. The molecule has 0 saturated heterocycles. The molecule has 1 N–H and O–H groups in total. The van der Waals surface area contributed by atoms with E-state index in [1.54, 1.807) is 24.3 Å². The van der Waals surface area contributed by atoms with E-state index in [0.29, 0.717) is 11.3 Å². The van der Waals surface area contributed by atoms with Crippen molar-refractivity contribution in [1.29, 1.82) is 0 Å². The number of ether oxygens (including phenoxy) is 2. The Morgan fingerprint density at radius 1 is 1.00 bits per heavy atom. The van der Waals surface area contributed by atoms with Crippen LogP contribution in [0.2, 0.25) is 0 Å². The quantitative estimate of drug-likeness (QED) is 0.318. The molecule has 146 valence electrons. The molecule has 0 heterocycles. The van der Waals surface area contributed by atoms with E-state index >= 15 is 0 Å². The Bertz CT molecular complexity index is 861. The van der Waals surface area contributed by atoms with Crippen LogP contribution in [0.4, 0.5) is 16.2 Å².